The summed E-state index contributed by atoms with van der Waals surface area (Å²) in [5.74, 6) is 0. The van der Waals surface area contributed by atoms with Gasteiger partial charge in [0.2, 0.25) is 0 Å². The lowest BCUT2D eigenvalue weighted by atomic mass is 10.1. The SMILES string of the molecule is CCOCc1ccccc1CNCC(O)COCCOC. The van der Waals surface area contributed by atoms with Crippen LogP contribution in [-0.2, 0) is 27.4 Å². The van der Waals surface area contributed by atoms with Crippen LogP contribution in [0.3, 0.4) is 0 Å². The van der Waals surface area contributed by atoms with Crippen LogP contribution in [0.25, 0.3) is 0 Å². The lowest BCUT2D eigenvalue weighted by molar-refractivity contribution is 0.0137. The third kappa shape index (κ3) is 8.14. The summed E-state index contributed by atoms with van der Waals surface area (Å²) in [5.41, 5.74) is 2.37. The van der Waals surface area contributed by atoms with Gasteiger partial charge in [-0.15, -0.1) is 0 Å². The maximum Gasteiger partial charge on any atom is 0.0897 e. The van der Waals surface area contributed by atoms with Crippen LogP contribution in [0.1, 0.15) is 18.1 Å². The van der Waals surface area contributed by atoms with E-state index in [1.165, 1.54) is 11.1 Å². The van der Waals surface area contributed by atoms with Gasteiger partial charge in [0.05, 0.1) is 32.5 Å². The van der Waals surface area contributed by atoms with Crippen LogP contribution in [-0.4, -0.2) is 51.3 Å². The molecule has 120 valence electrons. The third-order valence-corrected chi connectivity index (χ3v) is 3.02. The van der Waals surface area contributed by atoms with Crippen LogP contribution < -0.4 is 5.32 Å². The number of aliphatic hydroxyl groups excluding tert-OH is 1. The monoisotopic (exact) mass is 297 g/mol. The molecule has 0 radical (unpaired) electrons. The van der Waals surface area contributed by atoms with Crippen molar-refractivity contribution in [1.29, 1.82) is 0 Å². The van der Waals surface area contributed by atoms with Crippen molar-refractivity contribution in [3.8, 4) is 0 Å². The van der Waals surface area contributed by atoms with Crippen LogP contribution in [0.4, 0.5) is 0 Å². The van der Waals surface area contributed by atoms with Gasteiger partial charge < -0.3 is 24.6 Å². The van der Waals surface area contributed by atoms with Crippen LogP contribution in [0.15, 0.2) is 24.3 Å². The van der Waals surface area contributed by atoms with Crippen molar-refractivity contribution in [2.75, 3.05) is 40.1 Å². The number of rotatable bonds is 12. The average molecular weight is 297 g/mol. The molecule has 5 heteroatoms. The van der Waals surface area contributed by atoms with Gasteiger partial charge >= 0.3 is 0 Å². The Morgan fingerprint density at radius 2 is 1.90 bits per heavy atom. The molecule has 0 aliphatic carbocycles. The number of benzene rings is 1. The minimum Gasteiger partial charge on any atom is -0.389 e. The molecule has 0 aliphatic rings. The molecule has 1 unspecified atom stereocenters. The predicted octanol–water partition coefficient (Wildman–Crippen LogP) is 1.34. The van der Waals surface area contributed by atoms with E-state index in [0.29, 0.717) is 46.1 Å². The summed E-state index contributed by atoms with van der Waals surface area (Å²) in [4.78, 5) is 0. The summed E-state index contributed by atoms with van der Waals surface area (Å²) >= 11 is 0. The van der Waals surface area contributed by atoms with Crippen LogP contribution >= 0.6 is 0 Å². The highest BCUT2D eigenvalue weighted by Gasteiger charge is 2.05. The zero-order chi connectivity index (χ0) is 15.3. The molecule has 0 aromatic heterocycles. The largest absolute Gasteiger partial charge is 0.389 e. The first-order chi connectivity index (χ1) is 10.3. The molecule has 0 aliphatic heterocycles. The van der Waals surface area contributed by atoms with Gasteiger partial charge in [-0.1, -0.05) is 24.3 Å². The van der Waals surface area contributed by atoms with Gasteiger partial charge in [0.15, 0.2) is 0 Å². The van der Waals surface area contributed by atoms with Crippen molar-refractivity contribution in [3.05, 3.63) is 35.4 Å². The summed E-state index contributed by atoms with van der Waals surface area (Å²) in [7, 11) is 1.63. The number of hydrogen-bond acceptors (Lipinski definition) is 5. The van der Waals surface area contributed by atoms with Crippen molar-refractivity contribution in [3.63, 3.8) is 0 Å². The molecule has 0 bridgehead atoms. The normalized spacial score (nSPS) is 12.5. The maximum absolute atomic E-state index is 9.78. The second-order valence-electron chi connectivity index (χ2n) is 4.76. The first-order valence-corrected chi connectivity index (χ1v) is 7.37. The van der Waals surface area contributed by atoms with E-state index < -0.39 is 6.10 Å². The van der Waals surface area contributed by atoms with E-state index in [0.717, 1.165) is 0 Å². The van der Waals surface area contributed by atoms with Gasteiger partial charge in [-0.05, 0) is 18.1 Å². The topological polar surface area (TPSA) is 60.0 Å². The standard InChI is InChI=1S/C16H27NO4/c1-3-20-12-15-7-5-4-6-14(15)10-17-11-16(18)13-21-9-8-19-2/h4-7,16-18H,3,8-13H2,1-2H3. The second kappa shape index (κ2) is 11.7. The van der Waals surface area contributed by atoms with E-state index >= 15 is 0 Å². The average Bonchev–Trinajstić information content (AvgIpc) is 2.50. The van der Waals surface area contributed by atoms with Crippen molar-refractivity contribution in [2.45, 2.75) is 26.2 Å². The lowest BCUT2D eigenvalue weighted by Gasteiger charge is -2.14. The fourth-order valence-corrected chi connectivity index (χ4v) is 1.88. The summed E-state index contributed by atoms with van der Waals surface area (Å²) in [6, 6.07) is 8.16. The molecule has 1 rings (SSSR count). The maximum atomic E-state index is 9.78. The zero-order valence-electron chi connectivity index (χ0n) is 13.0. The molecule has 5 nitrogen and oxygen atoms in total. The van der Waals surface area contributed by atoms with Crippen molar-refractivity contribution < 1.29 is 19.3 Å². The first kappa shape index (κ1) is 18.1. The number of ether oxygens (including phenoxy) is 3. The van der Waals surface area contributed by atoms with Crippen LogP contribution in [0.2, 0.25) is 0 Å². The van der Waals surface area contributed by atoms with E-state index in [-0.39, 0.29) is 0 Å². The number of nitrogens with one attached hydrogen (secondary N) is 1. The molecule has 0 saturated heterocycles. The van der Waals surface area contributed by atoms with E-state index in [9.17, 15) is 5.11 Å². The van der Waals surface area contributed by atoms with E-state index in [4.69, 9.17) is 14.2 Å². The molecular formula is C16H27NO4. The fourth-order valence-electron chi connectivity index (χ4n) is 1.88. The van der Waals surface area contributed by atoms with Crippen molar-refractivity contribution in [1.82, 2.24) is 5.32 Å². The Bertz CT molecular complexity index is 373. The molecule has 0 spiro atoms. The quantitative estimate of drug-likeness (QED) is 0.570. The van der Waals surface area contributed by atoms with Gasteiger partial charge in [0.25, 0.3) is 0 Å². The molecule has 0 amide bonds. The molecule has 0 saturated carbocycles. The van der Waals surface area contributed by atoms with E-state index in [2.05, 4.69) is 17.4 Å². The first-order valence-electron chi connectivity index (χ1n) is 7.37. The second-order valence-corrected chi connectivity index (χ2v) is 4.76. The smallest absolute Gasteiger partial charge is 0.0897 e. The summed E-state index contributed by atoms with van der Waals surface area (Å²) in [6.45, 7) is 5.89. The molecule has 21 heavy (non-hydrogen) atoms. The minimum absolute atomic E-state index is 0.316. The Labute approximate surface area is 127 Å². The molecular weight excluding hydrogens is 270 g/mol. The summed E-state index contributed by atoms with van der Waals surface area (Å²) < 4.78 is 15.6. The number of hydrogen-bond donors (Lipinski definition) is 2. The molecule has 1 aromatic carbocycles. The third-order valence-electron chi connectivity index (χ3n) is 3.02. The molecule has 1 atom stereocenters. The summed E-state index contributed by atoms with van der Waals surface area (Å²) in [6.07, 6.45) is -0.513. The Kier molecular flexibility index (Phi) is 10.0. The van der Waals surface area contributed by atoms with Gasteiger partial charge in [0.1, 0.15) is 0 Å². The van der Waals surface area contributed by atoms with Gasteiger partial charge in [-0.25, -0.2) is 0 Å². The number of methoxy groups -OCH3 is 1. The predicted molar refractivity (Wildman–Crippen MR) is 82.2 cm³/mol. The molecule has 1 aromatic rings. The molecule has 0 heterocycles. The Hall–Kier alpha value is -0.980. The molecule has 0 fully saturated rings. The summed E-state index contributed by atoms with van der Waals surface area (Å²) in [5, 5.41) is 13.0. The van der Waals surface area contributed by atoms with Gasteiger partial charge in [-0.3, -0.25) is 0 Å². The van der Waals surface area contributed by atoms with E-state index in [1.807, 2.05) is 19.1 Å². The van der Waals surface area contributed by atoms with E-state index in [1.54, 1.807) is 7.11 Å². The minimum atomic E-state index is -0.513. The highest BCUT2D eigenvalue weighted by Crippen LogP contribution is 2.09. The fraction of sp³-hybridized carbons (Fsp3) is 0.625. The van der Waals surface area contributed by atoms with Crippen molar-refractivity contribution in [2.24, 2.45) is 0 Å². The van der Waals surface area contributed by atoms with Crippen LogP contribution in [0.5, 0.6) is 0 Å². The van der Waals surface area contributed by atoms with Crippen molar-refractivity contribution >= 4 is 0 Å². The van der Waals surface area contributed by atoms with Gasteiger partial charge in [-0.2, -0.15) is 0 Å². The highest BCUT2D eigenvalue weighted by molar-refractivity contribution is 5.26. The highest BCUT2D eigenvalue weighted by atomic mass is 16.5. The lowest BCUT2D eigenvalue weighted by Crippen LogP contribution is -2.30. The Balaban J connectivity index is 2.25. The number of aliphatic hydroxyl groups is 1. The zero-order valence-corrected chi connectivity index (χ0v) is 13.0. The Morgan fingerprint density at radius 3 is 2.62 bits per heavy atom. The Morgan fingerprint density at radius 1 is 1.14 bits per heavy atom. The molecule has 2 N–H and O–H groups in total. The van der Waals surface area contributed by atoms with Gasteiger partial charge in [0, 0.05) is 26.8 Å². The van der Waals surface area contributed by atoms with Crippen LogP contribution in [0, 0.1) is 0 Å².